The van der Waals surface area contributed by atoms with Crippen LogP contribution in [-0.2, 0) is 4.79 Å². The number of amides is 2. The molecule has 3 heterocycles. The minimum atomic E-state index is -0.316. The summed E-state index contributed by atoms with van der Waals surface area (Å²) in [5.41, 5.74) is 7.16. The van der Waals surface area contributed by atoms with Crippen molar-refractivity contribution in [2.75, 3.05) is 25.9 Å². The SMILES string of the molecule is CNC(=O)n1ccc2cc(Oc3ccnc(C(=O)N4CCC(=O)CC4)c3N)ccc21. The number of nitrogens with zero attached hydrogens (tertiary/aromatic N) is 3. The lowest BCUT2D eigenvalue weighted by atomic mass is 10.1. The van der Waals surface area contributed by atoms with Gasteiger partial charge in [0.25, 0.3) is 5.91 Å². The van der Waals surface area contributed by atoms with Crippen molar-refractivity contribution in [3.05, 3.63) is 48.4 Å². The molecule has 0 aliphatic carbocycles. The summed E-state index contributed by atoms with van der Waals surface area (Å²) >= 11 is 0. The molecule has 0 bridgehead atoms. The number of benzene rings is 1. The molecule has 0 atom stereocenters. The number of nitrogens with two attached hydrogens (primary N) is 1. The molecule has 3 N–H and O–H groups in total. The number of hydrogen-bond acceptors (Lipinski definition) is 6. The third-order valence-electron chi connectivity index (χ3n) is 5.08. The predicted octanol–water partition coefficient (Wildman–Crippen LogP) is 2.40. The molecule has 9 heteroatoms. The van der Waals surface area contributed by atoms with Crippen LogP contribution in [0.25, 0.3) is 10.9 Å². The van der Waals surface area contributed by atoms with Gasteiger partial charge in [-0.15, -0.1) is 0 Å². The smallest absolute Gasteiger partial charge is 0.325 e. The summed E-state index contributed by atoms with van der Waals surface area (Å²) in [7, 11) is 1.57. The molecule has 2 aromatic heterocycles. The Balaban J connectivity index is 1.58. The second kappa shape index (κ2) is 7.86. The number of ketones is 1. The molecule has 4 rings (SSSR count). The first-order valence-electron chi connectivity index (χ1n) is 9.54. The van der Waals surface area contributed by atoms with Gasteiger partial charge in [-0.3, -0.25) is 14.2 Å². The lowest BCUT2D eigenvalue weighted by molar-refractivity contribution is -0.120. The number of piperidine rings is 1. The van der Waals surface area contributed by atoms with Crippen molar-refractivity contribution in [3.8, 4) is 11.5 Å². The molecule has 1 aliphatic heterocycles. The van der Waals surface area contributed by atoms with Crippen molar-refractivity contribution >= 4 is 34.3 Å². The highest BCUT2D eigenvalue weighted by molar-refractivity contribution is 5.99. The first kappa shape index (κ1) is 19.4. The van der Waals surface area contributed by atoms with Gasteiger partial charge in [-0.2, -0.15) is 0 Å². The van der Waals surface area contributed by atoms with E-state index in [4.69, 9.17) is 10.5 Å². The Bertz CT molecular complexity index is 1140. The van der Waals surface area contributed by atoms with Crippen molar-refractivity contribution in [2.45, 2.75) is 12.8 Å². The Morgan fingerprint density at radius 2 is 1.93 bits per heavy atom. The maximum absolute atomic E-state index is 12.8. The maximum atomic E-state index is 12.8. The molecule has 154 valence electrons. The first-order chi connectivity index (χ1) is 14.5. The van der Waals surface area contributed by atoms with E-state index in [9.17, 15) is 14.4 Å². The van der Waals surface area contributed by atoms with Gasteiger partial charge in [-0.05, 0) is 24.3 Å². The number of hydrogen-bond donors (Lipinski definition) is 2. The van der Waals surface area contributed by atoms with Crippen molar-refractivity contribution in [1.82, 2.24) is 19.8 Å². The van der Waals surface area contributed by atoms with Gasteiger partial charge in [0.15, 0.2) is 11.4 Å². The Morgan fingerprint density at radius 1 is 1.17 bits per heavy atom. The molecular weight excluding hydrogens is 386 g/mol. The van der Waals surface area contributed by atoms with Crippen LogP contribution in [0.5, 0.6) is 11.5 Å². The molecule has 0 radical (unpaired) electrons. The number of nitrogens with one attached hydrogen (secondary N) is 1. The standard InChI is InChI=1S/C21H21N5O4/c1-23-21(29)26-11-5-13-12-15(2-3-16(13)26)30-17-4-8-24-19(18(17)22)20(28)25-9-6-14(27)7-10-25/h2-5,8,11-12H,6-7,9-10,22H2,1H3,(H,23,29). The van der Waals surface area contributed by atoms with Gasteiger partial charge < -0.3 is 20.7 Å². The third kappa shape index (κ3) is 3.57. The predicted molar refractivity (Wildman–Crippen MR) is 111 cm³/mol. The summed E-state index contributed by atoms with van der Waals surface area (Å²) in [5, 5.41) is 3.40. The highest BCUT2D eigenvalue weighted by Gasteiger charge is 2.25. The molecule has 0 spiro atoms. The van der Waals surface area contributed by atoms with Gasteiger partial charge >= 0.3 is 6.03 Å². The quantitative estimate of drug-likeness (QED) is 0.688. The molecule has 3 aromatic rings. The molecule has 0 unspecified atom stereocenters. The van der Waals surface area contributed by atoms with Crippen molar-refractivity contribution < 1.29 is 19.1 Å². The second-order valence-corrected chi connectivity index (χ2v) is 6.97. The van der Waals surface area contributed by atoms with Gasteiger partial charge in [0.2, 0.25) is 0 Å². The minimum Gasteiger partial charge on any atom is -0.455 e. The second-order valence-electron chi connectivity index (χ2n) is 6.97. The summed E-state index contributed by atoms with van der Waals surface area (Å²) in [5.74, 6) is 0.657. The topological polar surface area (TPSA) is 120 Å². The zero-order chi connectivity index (χ0) is 21.3. The fourth-order valence-electron chi connectivity index (χ4n) is 3.43. The number of carbonyl (C=O) groups excluding carboxylic acids is 3. The number of carbonyl (C=O) groups is 3. The summed E-state index contributed by atoms with van der Waals surface area (Å²) in [6.07, 6.45) is 3.83. The zero-order valence-corrected chi connectivity index (χ0v) is 16.4. The fraction of sp³-hybridized carbons (Fsp3) is 0.238. The minimum absolute atomic E-state index is 0.105. The van der Waals surface area contributed by atoms with Gasteiger partial charge in [-0.1, -0.05) is 0 Å². The molecule has 1 saturated heterocycles. The van der Waals surface area contributed by atoms with E-state index in [0.29, 0.717) is 37.4 Å². The molecule has 1 fully saturated rings. The van der Waals surface area contributed by atoms with E-state index >= 15 is 0 Å². The van der Waals surface area contributed by atoms with Crippen molar-refractivity contribution in [1.29, 1.82) is 0 Å². The van der Waals surface area contributed by atoms with Gasteiger partial charge in [0.1, 0.15) is 17.2 Å². The van der Waals surface area contributed by atoms with Crippen LogP contribution in [0.3, 0.4) is 0 Å². The summed E-state index contributed by atoms with van der Waals surface area (Å²) < 4.78 is 7.41. The number of ether oxygens (including phenoxy) is 1. The average molecular weight is 407 g/mol. The van der Waals surface area contributed by atoms with E-state index in [1.54, 1.807) is 48.5 Å². The number of pyridine rings is 1. The monoisotopic (exact) mass is 407 g/mol. The molecule has 30 heavy (non-hydrogen) atoms. The van der Waals surface area contributed by atoms with E-state index < -0.39 is 0 Å². The number of aromatic nitrogens is 2. The largest absolute Gasteiger partial charge is 0.455 e. The fourth-order valence-corrected chi connectivity index (χ4v) is 3.43. The van der Waals surface area contributed by atoms with Gasteiger partial charge in [0.05, 0.1) is 5.52 Å². The molecule has 0 saturated carbocycles. The Kier molecular flexibility index (Phi) is 5.09. The van der Waals surface area contributed by atoms with E-state index in [1.165, 1.54) is 10.8 Å². The molecule has 2 amide bonds. The van der Waals surface area contributed by atoms with Crippen LogP contribution in [0, 0.1) is 0 Å². The number of anilines is 1. The Morgan fingerprint density at radius 3 is 2.67 bits per heavy atom. The number of nitrogen functional groups attached to an aromatic ring is 1. The molecule has 1 aromatic carbocycles. The molecular formula is C21H21N5O4. The van der Waals surface area contributed by atoms with Crippen LogP contribution in [0.1, 0.15) is 23.3 Å². The van der Waals surface area contributed by atoms with Crippen molar-refractivity contribution in [2.24, 2.45) is 0 Å². The van der Waals surface area contributed by atoms with Crippen LogP contribution < -0.4 is 15.8 Å². The van der Waals surface area contributed by atoms with Crippen LogP contribution in [0.15, 0.2) is 42.7 Å². The number of fused-ring (bicyclic) bond motifs is 1. The number of rotatable bonds is 3. The van der Waals surface area contributed by atoms with Gasteiger partial charge in [-0.25, -0.2) is 9.78 Å². The van der Waals surface area contributed by atoms with Crippen LogP contribution in [0.2, 0.25) is 0 Å². The van der Waals surface area contributed by atoms with E-state index in [-0.39, 0.29) is 29.1 Å². The van der Waals surface area contributed by atoms with Gasteiger partial charge in [0, 0.05) is 56.8 Å². The summed E-state index contributed by atoms with van der Waals surface area (Å²) in [6.45, 7) is 0.728. The number of likely N-dealkylation sites (tertiary alicyclic amines) is 1. The van der Waals surface area contributed by atoms with Crippen molar-refractivity contribution in [3.63, 3.8) is 0 Å². The summed E-state index contributed by atoms with van der Waals surface area (Å²) in [4.78, 5) is 41.8. The van der Waals surface area contributed by atoms with E-state index in [0.717, 1.165) is 10.9 Å². The normalized spacial score (nSPS) is 14.0. The molecule has 9 nitrogen and oxygen atoms in total. The van der Waals surface area contributed by atoms with E-state index in [2.05, 4.69) is 10.3 Å². The highest BCUT2D eigenvalue weighted by atomic mass is 16.5. The van der Waals surface area contributed by atoms with E-state index in [1.807, 2.05) is 0 Å². The first-order valence-corrected chi connectivity index (χ1v) is 9.54. The summed E-state index contributed by atoms with van der Waals surface area (Å²) in [6, 6.07) is 8.44. The Labute approximate surface area is 172 Å². The maximum Gasteiger partial charge on any atom is 0.325 e. The highest BCUT2D eigenvalue weighted by Crippen LogP contribution is 2.31. The van der Waals surface area contributed by atoms with Crippen LogP contribution >= 0.6 is 0 Å². The zero-order valence-electron chi connectivity index (χ0n) is 16.4. The lowest BCUT2D eigenvalue weighted by Crippen LogP contribution is -2.39. The van der Waals surface area contributed by atoms with Crippen LogP contribution in [-0.4, -0.2) is 52.3 Å². The number of Topliss-reactive ketones (excluding diaryl/α,β-unsaturated/α-hetero) is 1. The Hall–Kier alpha value is -3.88. The lowest BCUT2D eigenvalue weighted by Gasteiger charge is -2.26. The average Bonchev–Trinajstić information content (AvgIpc) is 3.18. The van der Waals surface area contributed by atoms with Crippen LogP contribution in [0.4, 0.5) is 10.5 Å². The third-order valence-corrected chi connectivity index (χ3v) is 5.08. The molecule has 1 aliphatic rings.